The van der Waals surface area contributed by atoms with Crippen molar-refractivity contribution in [3.8, 4) is 5.75 Å². The number of carbonyl (C=O) groups is 1. The fourth-order valence-electron chi connectivity index (χ4n) is 4.94. The quantitative estimate of drug-likeness (QED) is 0.781. The van der Waals surface area contributed by atoms with Gasteiger partial charge in [-0.3, -0.25) is 4.79 Å². The van der Waals surface area contributed by atoms with Crippen molar-refractivity contribution in [1.82, 2.24) is 4.90 Å². The molecule has 3 aliphatic rings. The number of nitrogens with zero attached hydrogens (tertiary/aromatic N) is 1. The molecule has 4 unspecified atom stereocenters. The van der Waals surface area contributed by atoms with Gasteiger partial charge in [-0.2, -0.15) is 0 Å². The summed E-state index contributed by atoms with van der Waals surface area (Å²) in [6, 6.07) is 8.56. The van der Waals surface area contributed by atoms with Gasteiger partial charge in [-0.1, -0.05) is 18.6 Å². The number of benzene rings is 1. The highest BCUT2D eigenvalue weighted by molar-refractivity contribution is 5.80. The molecule has 3 nitrogen and oxygen atoms in total. The predicted octanol–water partition coefficient (Wildman–Crippen LogP) is 4.26. The third kappa shape index (κ3) is 3.05. The molecule has 3 aliphatic carbocycles. The molecule has 130 valence electrons. The Kier molecular flexibility index (Phi) is 4.28. The van der Waals surface area contributed by atoms with Gasteiger partial charge in [0.15, 0.2) is 0 Å². The number of rotatable bonds is 6. The Morgan fingerprint density at radius 1 is 1.17 bits per heavy atom. The number of methoxy groups -OCH3 is 1. The van der Waals surface area contributed by atoms with Gasteiger partial charge in [0.2, 0.25) is 5.91 Å². The lowest BCUT2D eigenvalue weighted by molar-refractivity contribution is -0.140. The van der Waals surface area contributed by atoms with E-state index in [-0.39, 0.29) is 0 Å². The summed E-state index contributed by atoms with van der Waals surface area (Å²) in [4.78, 5) is 15.5. The van der Waals surface area contributed by atoms with Gasteiger partial charge < -0.3 is 9.64 Å². The van der Waals surface area contributed by atoms with Crippen LogP contribution in [0.2, 0.25) is 0 Å². The molecular weight excluding hydrogens is 298 g/mol. The van der Waals surface area contributed by atoms with E-state index in [2.05, 4.69) is 24.0 Å². The van der Waals surface area contributed by atoms with Crippen LogP contribution in [0.25, 0.3) is 0 Å². The lowest BCUT2D eigenvalue weighted by atomic mass is 9.87. The zero-order chi connectivity index (χ0) is 16.7. The molecule has 0 aromatic heterocycles. The van der Waals surface area contributed by atoms with E-state index in [0.29, 0.717) is 29.7 Å². The molecule has 0 N–H and O–H groups in total. The summed E-state index contributed by atoms with van der Waals surface area (Å²) >= 11 is 0. The van der Waals surface area contributed by atoms with Gasteiger partial charge in [-0.05, 0) is 74.5 Å². The maximum Gasteiger partial charge on any atom is 0.226 e. The molecule has 1 amide bonds. The Morgan fingerprint density at radius 3 is 2.46 bits per heavy atom. The van der Waals surface area contributed by atoms with Crippen LogP contribution in [-0.2, 0) is 11.3 Å². The molecule has 3 fully saturated rings. The van der Waals surface area contributed by atoms with Crippen molar-refractivity contribution in [2.75, 3.05) is 7.11 Å². The summed E-state index contributed by atoms with van der Waals surface area (Å²) in [6.45, 7) is 3.00. The maximum absolute atomic E-state index is 13.3. The monoisotopic (exact) mass is 327 g/mol. The molecule has 0 saturated heterocycles. The molecular formula is C21H29NO2. The molecule has 3 saturated carbocycles. The summed E-state index contributed by atoms with van der Waals surface area (Å²) in [6.07, 6.45) is 7.62. The van der Waals surface area contributed by atoms with Gasteiger partial charge >= 0.3 is 0 Å². The van der Waals surface area contributed by atoms with Gasteiger partial charge in [-0.15, -0.1) is 0 Å². The van der Waals surface area contributed by atoms with E-state index in [1.54, 1.807) is 7.11 Å². The van der Waals surface area contributed by atoms with Crippen molar-refractivity contribution in [2.24, 2.45) is 23.7 Å². The first kappa shape index (κ1) is 16.0. The average molecular weight is 327 g/mol. The van der Waals surface area contributed by atoms with E-state index in [4.69, 9.17) is 4.74 Å². The molecule has 24 heavy (non-hydrogen) atoms. The van der Waals surface area contributed by atoms with Crippen molar-refractivity contribution in [3.05, 3.63) is 29.8 Å². The van der Waals surface area contributed by atoms with E-state index >= 15 is 0 Å². The number of hydrogen-bond acceptors (Lipinski definition) is 2. The molecule has 1 aromatic rings. The van der Waals surface area contributed by atoms with Gasteiger partial charge in [0, 0.05) is 18.5 Å². The largest absolute Gasteiger partial charge is 0.497 e. The van der Waals surface area contributed by atoms with Crippen molar-refractivity contribution in [1.29, 1.82) is 0 Å². The van der Waals surface area contributed by atoms with Crippen LogP contribution in [0.3, 0.4) is 0 Å². The van der Waals surface area contributed by atoms with Gasteiger partial charge in [0.1, 0.15) is 5.75 Å². The first-order valence-electron chi connectivity index (χ1n) is 9.59. The van der Waals surface area contributed by atoms with Crippen molar-refractivity contribution in [2.45, 2.75) is 58.0 Å². The maximum atomic E-state index is 13.3. The Hall–Kier alpha value is -1.51. The standard InChI is InChI=1S/C21H29NO2/c1-14(17-7-8-17)22(13-15-4-9-19(24-2)10-5-15)21(23)20-12-16-3-6-18(20)11-16/h4-5,9-10,14,16-18,20H,3,6-8,11-13H2,1-2H3. The van der Waals surface area contributed by atoms with Crippen molar-refractivity contribution in [3.63, 3.8) is 0 Å². The molecule has 0 aliphatic heterocycles. The molecule has 3 heteroatoms. The molecule has 0 radical (unpaired) electrons. The predicted molar refractivity (Wildman–Crippen MR) is 94.7 cm³/mol. The molecule has 2 bridgehead atoms. The second-order valence-corrected chi connectivity index (χ2v) is 8.17. The Labute approximate surface area is 145 Å². The first-order valence-corrected chi connectivity index (χ1v) is 9.59. The minimum atomic E-state index is 0.295. The highest BCUT2D eigenvalue weighted by Crippen LogP contribution is 2.49. The highest BCUT2D eigenvalue weighted by Gasteiger charge is 2.46. The topological polar surface area (TPSA) is 29.5 Å². The van der Waals surface area contributed by atoms with Gasteiger partial charge in [-0.25, -0.2) is 0 Å². The fraction of sp³-hybridized carbons (Fsp3) is 0.667. The minimum absolute atomic E-state index is 0.295. The number of carbonyl (C=O) groups excluding carboxylic acids is 1. The van der Waals surface area contributed by atoms with Crippen LogP contribution >= 0.6 is 0 Å². The SMILES string of the molecule is COc1ccc(CN(C(=O)C2CC3CCC2C3)C(C)C2CC2)cc1. The van der Waals surface area contributed by atoms with Crippen LogP contribution in [0.1, 0.15) is 51.0 Å². The van der Waals surface area contributed by atoms with Crippen molar-refractivity contribution < 1.29 is 9.53 Å². The summed E-state index contributed by atoms with van der Waals surface area (Å²) < 4.78 is 5.25. The van der Waals surface area contributed by atoms with Crippen LogP contribution < -0.4 is 4.74 Å². The summed E-state index contributed by atoms with van der Waals surface area (Å²) in [5.41, 5.74) is 1.21. The third-order valence-electron chi connectivity index (χ3n) is 6.65. The molecule has 4 rings (SSSR count). The summed E-state index contributed by atoms with van der Waals surface area (Å²) in [5, 5.41) is 0. The van der Waals surface area contributed by atoms with E-state index in [1.807, 2.05) is 12.1 Å². The molecule has 0 heterocycles. The van der Waals surface area contributed by atoms with E-state index in [1.165, 1.54) is 37.7 Å². The smallest absolute Gasteiger partial charge is 0.226 e. The van der Waals surface area contributed by atoms with Crippen LogP contribution in [0.15, 0.2) is 24.3 Å². The Balaban J connectivity index is 1.51. The normalized spacial score (nSPS) is 29.5. The average Bonchev–Trinajstić information content (AvgIpc) is 3.26. The zero-order valence-corrected chi connectivity index (χ0v) is 14.9. The second kappa shape index (κ2) is 6.42. The van der Waals surface area contributed by atoms with E-state index in [0.717, 1.165) is 24.6 Å². The zero-order valence-electron chi connectivity index (χ0n) is 14.9. The highest BCUT2D eigenvalue weighted by atomic mass is 16.5. The lowest BCUT2D eigenvalue weighted by Crippen LogP contribution is -2.44. The summed E-state index contributed by atoms with van der Waals surface area (Å²) in [7, 11) is 1.69. The molecule has 4 atom stereocenters. The molecule has 0 spiro atoms. The Morgan fingerprint density at radius 2 is 1.92 bits per heavy atom. The van der Waals surface area contributed by atoms with Gasteiger partial charge in [0.25, 0.3) is 0 Å². The van der Waals surface area contributed by atoms with Gasteiger partial charge in [0.05, 0.1) is 7.11 Å². The van der Waals surface area contributed by atoms with Crippen molar-refractivity contribution >= 4 is 5.91 Å². The van der Waals surface area contributed by atoms with Crippen LogP contribution in [0, 0.1) is 23.7 Å². The molecule has 1 aromatic carbocycles. The van der Waals surface area contributed by atoms with Crippen LogP contribution in [0.5, 0.6) is 5.75 Å². The van der Waals surface area contributed by atoms with Crippen LogP contribution in [0.4, 0.5) is 0 Å². The number of hydrogen-bond donors (Lipinski definition) is 0. The Bertz CT molecular complexity index is 592. The van der Waals surface area contributed by atoms with E-state index < -0.39 is 0 Å². The fourth-order valence-corrected chi connectivity index (χ4v) is 4.94. The number of ether oxygens (including phenoxy) is 1. The first-order chi connectivity index (χ1) is 11.7. The number of fused-ring (bicyclic) bond motifs is 2. The van der Waals surface area contributed by atoms with Crippen LogP contribution in [-0.4, -0.2) is 24.0 Å². The summed E-state index contributed by atoms with van der Waals surface area (Å²) in [5.74, 6) is 3.79. The minimum Gasteiger partial charge on any atom is -0.497 e. The van der Waals surface area contributed by atoms with E-state index in [9.17, 15) is 4.79 Å². The lowest BCUT2D eigenvalue weighted by Gasteiger charge is -2.34. The number of amides is 1. The third-order valence-corrected chi connectivity index (χ3v) is 6.65. The second-order valence-electron chi connectivity index (χ2n) is 8.17.